The molecule has 1 aromatic rings. The first-order valence-corrected chi connectivity index (χ1v) is 8.66. The van der Waals surface area contributed by atoms with Gasteiger partial charge in [0.15, 0.2) is 0 Å². The van der Waals surface area contributed by atoms with E-state index < -0.39 is 4.92 Å². The van der Waals surface area contributed by atoms with Crippen LogP contribution in [0.3, 0.4) is 0 Å². The van der Waals surface area contributed by atoms with E-state index in [0.717, 1.165) is 38.8 Å². The normalized spacial score (nSPS) is 20.0. The quantitative estimate of drug-likeness (QED) is 0.591. The molecule has 1 aliphatic carbocycles. The fraction of sp³-hybridized carbons (Fsp3) is 0.588. The molecule has 7 nitrogen and oxygen atoms in total. The average Bonchev–Trinajstić information content (AvgIpc) is 3.22. The predicted molar refractivity (Wildman–Crippen MR) is 92.3 cm³/mol. The van der Waals surface area contributed by atoms with Crippen molar-refractivity contribution in [1.29, 1.82) is 0 Å². The minimum Gasteiger partial charge on any atom is -0.377 e. The molecule has 0 radical (unpaired) electrons. The molecule has 3 rings (SSSR count). The Hall–Kier alpha value is -2.15. The van der Waals surface area contributed by atoms with E-state index in [1.165, 1.54) is 6.07 Å². The summed E-state index contributed by atoms with van der Waals surface area (Å²) in [7, 11) is 0. The van der Waals surface area contributed by atoms with Gasteiger partial charge in [-0.3, -0.25) is 14.9 Å². The molecular weight excluding hydrogens is 308 g/mol. The van der Waals surface area contributed by atoms with E-state index in [1.54, 1.807) is 12.1 Å². The first kappa shape index (κ1) is 16.7. The van der Waals surface area contributed by atoms with E-state index in [1.807, 2.05) is 11.8 Å². The molecule has 2 fully saturated rings. The summed E-state index contributed by atoms with van der Waals surface area (Å²) >= 11 is 0. The Morgan fingerprint density at radius 3 is 2.79 bits per heavy atom. The molecular formula is C17H24N4O3. The number of nitro groups is 1. The van der Waals surface area contributed by atoms with Gasteiger partial charge in [0.2, 0.25) is 0 Å². The van der Waals surface area contributed by atoms with Crippen molar-refractivity contribution in [2.45, 2.75) is 44.7 Å². The highest BCUT2D eigenvalue weighted by Gasteiger charge is 2.29. The molecule has 24 heavy (non-hydrogen) atoms. The van der Waals surface area contributed by atoms with Crippen LogP contribution >= 0.6 is 0 Å². The van der Waals surface area contributed by atoms with Crippen LogP contribution in [0.1, 0.15) is 43.0 Å². The van der Waals surface area contributed by atoms with Crippen molar-refractivity contribution >= 4 is 17.3 Å². The van der Waals surface area contributed by atoms with Gasteiger partial charge in [-0.15, -0.1) is 0 Å². The highest BCUT2D eigenvalue weighted by Crippen LogP contribution is 2.32. The fourth-order valence-corrected chi connectivity index (χ4v) is 3.15. The maximum atomic E-state index is 12.9. The second-order valence-electron chi connectivity index (χ2n) is 6.55. The highest BCUT2D eigenvalue weighted by atomic mass is 16.6. The zero-order valence-electron chi connectivity index (χ0n) is 14.0. The smallest absolute Gasteiger partial charge is 0.293 e. The number of hydrogen-bond donors (Lipinski definition) is 2. The van der Waals surface area contributed by atoms with Crippen molar-refractivity contribution in [3.05, 3.63) is 33.9 Å². The summed E-state index contributed by atoms with van der Waals surface area (Å²) in [6.07, 6.45) is 3.87. The summed E-state index contributed by atoms with van der Waals surface area (Å²) in [5.74, 6) is -0.119. The molecule has 1 unspecified atom stereocenters. The lowest BCUT2D eigenvalue weighted by atomic mass is 10.1. The molecule has 7 heteroatoms. The van der Waals surface area contributed by atoms with Crippen molar-refractivity contribution in [1.82, 2.24) is 10.2 Å². The summed E-state index contributed by atoms with van der Waals surface area (Å²) in [6.45, 7) is 4.40. The van der Waals surface area contributed by atoms with E-state index in [-0.39, 0.29) is 17.6 Å². The number of hydrogen-bond acceptors (Lipinski definition) is 5. The molecule has 0 spiro atoms. The summed E-state index contributed by atoms with van der Waals surface area (Å²) in [4.78, 5) is 25.7. The van der Waals surface area contributed by atoms with Gasteiger partial charge in [0.25, 0.3) is 11.6 Å². The maximum absolute atomic E-state index is 12.9. The van der Waals surface area contributed by atoms with Crippen LogP contribution in [0.15, 0.2) is 18.2 Å². The minimum atomic E-state index is -0.414. The van der Waals surface area contributed by atoms with Crippen LogP contribution in [0.2, 0.25) is 0 Å². The lowest BCUT2D eigenvalue weighted by Crippen LogP contribution is -2.42. The van der Waals surface area contributed by atoms with Gasteiger partial charge in [0, 0.05) is 36.8 Å². The first-order valence-electron chi connectivity index (χ1n) is 8.66. The Morgan fingerprint density at radius 2 is 2.21 bits per heavy atom. The third-order valence-electron chi connectivity index (χ3n) is 4.58. The SMILES string of the molecule is CCCN(C(=O)c1ccc(NC2CC2)c([N+](=O)[O-])c1)C1CCNC1. The van der Waals surface area contributed by atoms with Crippen molar-refractivity contribution in [3.8, 4) is 0 Å². The molecule has 1 amide bonds. The van der Waals surface area contributed by atoms with Crippen LogP contribution in [0, 0.1) is 10.1 Å². The number of carbonyl (C=O) groups is 1. The van der Waals surface area contributed by atoms with E-state index in [2.05, 4.69) is 10.6 Å². The Morgan fingerprint density at radius 1 is 1.42 bits per heavy atom. The molecule has 130 valence electrons. The number of nitrogens with zero attached hydrogens (tertiary/aromatic N) is 2. The Bertz CT molecular complexity index is 624. The molecule has 1 atom stereocenters. The number of nitrogens with one attached hydrogen (secondary N) is 2. The van der Waals surface area contributed by atoms with E-state index in [4.69, 9.17) is 0 Å². The van der Waals surface area contributed by atoms with Gasteiger partial charge in [-0.05, 0) is 44.4 Å². The molecule has 0 bridgehead atoms. The van der Waals surface area contributed by atoms with Gasteiger partial charge < -0.3 is 15.5 Å². The summed E-state index contributed by atoms with van der Waals surface area (Å²) in [5.41, 5.74) is 0.876. The fourth-order valence-electron chi connectivity index (χ4n) is 3.15. The van der Waals surface area contributed by atoms with E-state index in [9.17, 15) is 14.9 Å². The van der Waals surface area contributed by atoms with Crippen molar-refractivity contribution in [2.75, 3.05) is 25.0 Å². The lowest BCUT2D eigenvalue weighted by molar-refractivity contribution is -0.384. The van der Waals surface area contributed by atoms with Crippen LogP contribution in [-0.4, -0.2) is 47.4 Å². The van der Waals surface area contributed by atoms with Crippen molar-refractivity contribution in [2.24, 2.45) is 0 Å². The zero-order valence-corrected chi connectivity index (χ0v) is 14.0. The van der Waals surface area contributed by atoms with Gasteiger partial charge in [-0.2, -0.15) is 0 Å². The number of amides is 1. The molecule has 1 saturated heterocycles. The van der Waals surface area contributed by atoms with Gasteiger partial charge in [-0.1, -0.05) is 6.92 Å². The van der Waals surface area contributed by atoms with Gasteiger partial charge in [0.1, 0.15) is 5.69 Å². The third kappa shape index (κ3) is 3.67. The second kappa shape index (κ2) is 7.17. The largest absolute Gasteiger partial charge is 0.377 e. The Balaban J connectivity index is 1.84. The van der Waals surface area contributed by atoms with Crippen molar-refractivity contribution < 1.29 is 9.72 Å². The van der Waals surface area contributed by atoms with Crippen LogP contribution in [0.25, 0.3) is 0 Å². The minimum absolute atomic E-state index is 0.0197. The lowest BCUT2D eigenvalue weighted by Gasteiger charge is -2.28. The van der Waals surface area contributed by atoms with Gasteiger partial charge in [-0.25, -0.2) is 0 Å². The van der Waals surface area contributed by atoms with Crippen molar-refractivity contribution in [3.63, 3.8) is 0 Å². The van der Waals surface area contributed by atoms with Crippen LogP contribution in [0.4, 0.5) is 11.4 Å². The summed E-state index contributed by atoms with van der Waals surface area (Å²) < 4.78 is 0. The molecule has 0 aromatic heterocycles. The number of benzene rings is 1. The average molecular weight is 332 g/mol. The summed E-state index contributed by atoms with van der Waals surface area (Å²) in [5, 5.41) is 17.8. The third-order valence-corrected chi connectivity index (χ3v) is 4.58. The second-order valence-corrected chi connectivity index (χ2v) is 6.55. The molecule has 1 aromatic carbocycles. The van der Waals surface area contributed by atoms with Crippen LogP contribution in [0.5, 0.6) is 0 Å². The number of anilines is 1. The van der Waals surface area contributed by atoms with Gasteiger partial charge >= 0.3 is 0 Å². The summed E-state index contributed by atoms with van der Waals surface area (Å²) in [6, 6.07) is 5.27. The number of rotatable bonds is 7. The zero-order chi connectivity index (χ0) is 17.1. The monoisotopic (exact) mass is 332 g/mol. The highest BCUT2D eigenvalue weighted by molar-refractivity contribution is 5.96. The Labute approximate surface area is 141 Å². The molecule has 2 aliphatic rings. The van der Waals surface area contributed by atoms with E-state index >= 15 is 0 Å². The number of nitro benzene ring substituents is 1. The van der Waals surface area contributed by atoms with E-state index in [0.29, 0.717) is 23.8 Å². The molecule has 1 saturated carbocycles. The predicted octanol–water partition coefficient (Wildman–Crippen LogP) is 2.38. The van der Waals surface area contributed by atoms with Crippen LogP contribution in [-0.2, 0) is 0 Å². The Kier molecular flexibility index (Phi) is 4.99. The number of carbonyl (C=O) groups excluding carboxylic acids is 1. The molecule has 1 aliphatic heterocycles. The first-order chi connectivity index (χ1) is 11.6. The standard InChI is InChI=1S/C17H24N4O3/c1-2-9-20(14-7-8-18-11-14)17(22)12-3-6-15(19-13-4-5-13)16(10-12)21(23)24/h3,6,10,13-14,18-19H,2,4-5,7-9,11H2,1H3. The molecule has 2 N–H and O–H groups in total. The maximum Gasteiger partial charge on any atom is 0.293 e. The van der Waals surface area contributed by atoms with Crippen LogP contribution < -0.4 is 10.6 Å². The molecule has 1 heterocycles. The topological polar surface area (TPSA) is 87.5 Å². The van der Waals surface area contributed by atoms with Gasteiger partial charge in [0.05, 0.1) is 4.92 Å².